The summed E-state index contributed by atoms with van der Waals surface area (Å²) in [7, 11) is -3.47. The third kappa shape index (κ3) is 3.66. The topological polar surface area (TPSA) is 88.4 Å². The number of hydrogen-bond acceptors (Lipinski definition) is 5. The van der Waals surface area contributed by atoms with Gasteiger partial charge in [0.2, 0.25) is 10.0 Å². The van der Waals surface area contributed by atoms with E-state index < -0.39 is 10.0 Å². The fourth-order valence-corrected chi connectivity index (χ4v) is 3.41. The molecule has 1 amide bonds. The highest BCUT2D eigenvalue weighted by Crippen LogP contribution is 2.14. The first kappa shape index (κ1) is 13.8. The molecule has 0 aromatic carbocycles. The third-order valence-corrected chi connectivity index (χ3v) is 5.07. The zero-order valence-electron chi connectivity index (χ0n) is 9.83. The van der Waals surface area contributed by atoms with Crippen molar-refractivity contribution in [2.24, 2.45) is 0 Å². The van der Waals surface area contributed by atoms with Crippen LogP contribution in [0.2, 0.25) is 0 Å². The van der Waals surface area contributed by atoms with Gasteiger partial charge in [0.15, 0.2) is 5.76 Å². The normalized spacial score (nSPS) is 11.4. The van der Waals surface area contributed by atoms with Crippen molar-refractivity contribution in [3.63, 3.8) is 0 Å². The fraction of sp³-hybridized carbons (Fsp3) is 0.182. The van der Waals surface area contributed by atoms with Crippen LogP contribution in [0, 0.1) is 0 Å². The number of rotatable bonds is 6. The molecule has 0 spiro atoms. The summed E-state index contributed by atoms with van der Waals surface area (Å²) in [5, 5.41) is 4.23. The van der Waals surface area contributed by atoms with Crippen LogP contribution in [0.4, 0.5) is 0 Å². The van der Waals surface area contributed by atoms with Crippen LogP contribution < -0.4 is 10.0 Å². The molecule has 0 aliphatic heterocycles. The molecule has 0 aliphatic carbocycles. The molecule has 2 N–H and O–H groups in total. The largest absolute Gasteiger partial charge is 0.459 e. The Kier molecular flexibility index (Phi) is 4.35. The van der Waals surface area contributed by atoms with Crippen molar-refractivity contribution < 1.29 is 17.6 Å². The van der Waals surface area contributed by atoms with Crippen molar-refractivity contribution in [3.8, 4) is 0 Å². The minimum absolute atomic E-state index is 0.118. The van der Waals surface area contributed by atoms with Gasteiger partial charge in [-0.1, -0.05) is 6.07 Å². The Morgan fingerprint density at radius 3 is 2.74 bits per heavy atom. The van der Waals surface area contributed by atoms with Gasteiger partial charge in [-0.05, 0) is 23.6 Å². The predicted octanol–water partition coefficient (Wildman–Crippen LogP) is 1.05. The van der Waals surface area contributed by atoms with Crippen molar-refractivity contribution in [2.75, 3.05) is 13.1 Å². The fourth-order valence-electron chi connectivity index (χ4n) is 1.34. The summed E-state index contributed by atoms with van der Waals surface area (Å²) in [5.41, 5.74) is 0. The molecule has 2 rings (SSSR count). The first-order valence-corrected chi connectivity index (χ1v) is 7.81. The first-order chi connectivity index (χ1) is 9.09. The van der Waals surface area contributed by atoms with Gasteiger partial charge in [-0.2, -0.15) is 0 Å². The van der Waals surface area contributed by atoms with Gasteiger partial charge in [0, 0.05) is 13.1 Å². The second-order valence-electron chi connectivity index (χ2n) is 3.56. The number of furan rings is 1. The van der Waals surface area contributed by atoms with Crippen LogP contribution in [0.25, 0.3) is 0 Å². The van der Waals surface area contributed by atoms with Crippen LogP contribution in [0.5, 0.6) is 0 Å². The summed E-state index contributed by atoms with van der Waals surface area (Å²) in [5.74, 6) is -0.179. The SMILES string of the molecule is O=C(NCCNS(=O)(=O)c1cccs1)c1ccco1. The summed E-state index contributed by atoms with van der Waals surface area (Å²) >= 11 is 1.14. The van der Waals surface area contributed by atoms with Crippen molar-refractivity contribution in [1.82, 2.24) is 10.0 Å². The van der Waals surface area contributed by atoms with Crippen LogP contribution in [0.1, 0.15) is 10.6 Å². The minimum Gasteiger partial charge on any atom is -0.459 e. The Balaban J connectivity index is 1.77. The Bertz CT molecular complexity index is 618. The van der Waals surface area contributed by atoms with Crippen molar-refractivity contribution in [2.45, 2.75) is 4.21 Å². The number of carbonyl (C=O) groups excluding carboxylic acids is 1. The smallest absolute Gasteiger partial charge is 0.287 e. The second-order valence-corrected chi connectivity index (χ2v) is 6.50. The number of carbonyl (C=O) groups is 1. The molecular formula is C11H12N2O4S2. The van der Waals surface area contributed by atoms with E-state index in [0.717, 1.165) is 11.3 Å². The molecule has 0 saturated carbocycles. The van der Waals surface area contributed by atoms with Gasteiger partial charge < -0.3 is 9.73 Å². The maximum absolute atomic E-state index is 11.7. The van der Waals surface area contributed by atoms with Gasteiger partial charge in [-0.15, -0.1) is 11.3 Å². The van der Waals surface area contributed by atoms with E-state index in [-0.39, 0.29) is 29.0 Å². The predicted molar refractivity (Wildman–Crippen MR) is 70.5 cm³/mol. The summed E-state index contributed by atoms with van der Waals surface area (Å²) in [6.07, 6.45) is 1.40. The molecule has 0 fully saturated rings. The molecule has 2 heterocycles. The van der Waals surface area contributed by atoms with E-state index in [0.29, 0.717) is 0 Å². The van der Waals surface area contributed by atoms with Gasteiger partial charge in [0.25, 0.3) is 5.91 Å². The van der Waals surface area contributed by atoms with Gasteiger partial charge in [0.1, 0.15) is 4.21 Å². The lowest BCUT2D eigenvalue weighted by molar-refractivity contribution is 0.0926. The van der Waals surface area contributed by atoms with Crippen LogP contribution >= 0.6 is 11.3 Å². The molecule has 8 heteroatoms. The number of amides is 1. The van der Waals surface area contributed by atoms with E-state index in [9.17, 15) is 13.2 Å². The van der Waals surface area contributed by atoms with Crippen LogP contribution in [0.15, 0.2) is 44.5 Å². The average Bonchev–Trinajstić information content (AvgIpc) is 3.04. The Labute approximate surface area is 114 Å². The van der Waals surface area contributed by atoms with Crippen molar-refractivity contribution >= 4 is 27.3 Å². The first-order valence-electron chi connectivity index (χ1n) is 5.44. The van der Waals surface area contributed by atoms with E-state index in [1.54, 1.807) is 17.5 Å². The Morgan fingerprint density at radius 2 is 2.11 bits per heavy atom. The van der Waals surface area contributed by atoms with Gasteiger partial charge in [0.05, 0.1) is 6.26 Å². The minimum atomic E-state index is -3.47. The molecule has 0 unspecified atom stereocenters. The molecule has 0 radical (unpaired) electrons. The van der Waals surface area contributed by atoms with Crippen molar-refractivity contribution in [1.29, 1.82) is 0 Å². The molecular weight excluding hydrogens is 288 g/mol. The van der Waals surface area contributed by atoms with Crippen LogP contribution in [0.3, 0.4) is 0 Å². The van der Waals surface area contributed by atoms with E-state index >= 15 is 0 Å². The summed E-state index contributed by atoms with van der Waals surface area (Å²) in [6, 6.07) is 6.33. The Hall–Kier alpha value is -1.64. The number of hydrogen-bond donors (Lipinski definition) is 2. The average molecular weight is 300 g/mol. The second kappa shape index (κ2) is 6.00. The molecule has 0 saturated heterocycles. The monoisotopic (exact) mass is 300 g/mol. The highest BCUT2D eigenvalue weighted by molar-refractivity contribution is 7.91. The van der Waals surface area contributed by atoms with Crippen molar-refractivity contribution in [3.05, 3.63) is 41.7 Å². The molecule has 2 aromatic heterocycles. The quantitative estimate of drug-likeness (QED) is 0.780. The van der Waals surface area contributed by atoms with E-state index in [1.807, 2.05) is 0 Å². The van der Waals surface area contributed by atoms with E-state index in [2.05, 4.69) is 10.0 Å². The molecule has 6 nitrogen and oxygen atoms in total. The van der Waals surface area contributed by atoms with Crippen LogP contribution in [-0.4, -0.2) is 27.4 Å². The zero-order valence-corrected chi connectivity index (χ0v) is 11.5. The number of sulfonamides is 1. The molecule has 2 aromatic rings. The summed E-state index contributed by atoms with van der Waals surface area (Å²) in [4.78, 5) is 11.5. The number of thiophene rings is 1. The van der Waals surface area contributed by atoms with Gasteiger partial charge >= 0.3 is 0 Å². The zero-order chi connectivity index (χ0) is 13.7. The third-order valence-electron chi connectivity index (χ3n) is 2.21. The van der Waals surface area contributed by atoms with Gasteiger partial charge in [-0.25, -0.2) is 13.1 Å². The molecule has 0 bridgehead atoms. The Morgan fingerprint density at radius 1 is 1.26 bits per heavy atom. The maximum Gasteiger partial charge on any atom is 0.287 e. The summed E-state index contributed by atoms with van der Waals surface area (Å²) < 4.78 is 31.0. The molecule has 0 atom stereocenters. The highest BCUT2D eigenvalue weighted by Gasteiger charge is 2.14. The van der Waals surface area contributed by atoms with E-state index in [4.69, 9.17) is 4.42 Å². The maximum atomic E-state index is 11.7. The lowest BCUT2D eigenvalue weighted by atomic mass is 10.4. The highest BCUT2D eigenvalue weighted by atomic mass is 32.2. The van der Waals surface area contributed by atoms with Gasteiger partial charge in [-0.3, -0.25) is 4.79 Å². The lowest BCUT2D eigenvalue weighted by Gasteiger charge is -2.05. The molecule has 19 heavy (non-hydrogen) atoms. The molecule has 0 aliphatic rings. The summed E-state index contributed by atoms with van der Waals surface area (Å²) in [6.45, 7) is 0.302. The molecule has 102 valence electrons. The van der Waals surface area contributed by atoms with E-state index in [1.165, 1.54) is 18.4 Å². The van der Waals surface area contributed by atoms with Crippen LogP contribution in [-0.2, 0) is 10.0 Å². The number of nitrogens with one attached hydrogen (secondary N) is 2. The lowest BCUT2D eigenvalue weighted by Crippen LogP contribution is -2.34. The standard InChI is InChI=1S/C11H12N2O4S2/c14-11(9-3-1-7-17-9)12-5-6-13-19(15,16)10-4-2-8-18-10/h1-4,7-8,13H,5-6H2,(H,12,14).